The molecule has 1 atom stereocenters. The van der Waals surface area contributed by atoms with E-state index in [4.69, 9.17) is 4.42 Å². The first kappa shape index (κ1) is 15.7. The molecule has 0 radical (unpaired) electrons. The van der Waals surface area contributed by atoms with Crippen molar-refractivity contribution in [2.75, 3.05) is 13.6 Å². The minimum Gasteiger partial charge on any atom is -0.419 e. The molecule has 2 rings (SSSR count). The van der Waals surface area contributed by atoms with Crippen LogP contribution in [-0.4, -0.2) is 40.6 Å². The first-order chi connectivity index (χ1) is 10.2. The fourth-order valence-corrected chi connectivity index (χ4v) is 2.71. The second kappa shape index (κ2) is 7.33. The molecule has 0 aliphatic heterocycles. The predicted molar refractivity (Wildman–Crippen MR) is 81.8 cm³/mol. The number of amides is 1. The van der Waals surface area contributed by atoms with Gasteiger partial charge in [-0.3, -0.25) is 9.69 Å². The van der Waals surface area contributed by atoms with E-state index in [0.29, 0.717) is 18.3 Å². The molecular formula is C14H20N4O2S. The molecule has 6 nitrogen and oxygen atoms in total. The molecule has 0 aliphatic carbocycles. The number of rotatable bonds is 7. The van der Waals surface area contributed by atoms with Gasteiger partial charge in [-0.15, -0.1) is 21.5 Å². The van der Waals surface area contributed by atoms with E-state index in [-0.39, 0.29) is 11.9 Å². The number of aromatic nitrogens is 2. The summed E-state index contributed by atoms with van der Waals surface area (Å²) < 4.78 is 5.68. The van der Waals surface area contributed by atoms with Crippen LogP contribution in [0.4, 0.5) is 0 Å². The monoisotopic (exact) mass is 308 g/mol. The number of carbonyl (C=O) groups excluding carboxylic acids is 1. The van der Waals surface area contributed by atoms with Crippen LogP contribution < -0.4 is 5.32 Å². The lowest BCUT2D eigenvalue weighted by Crippen LogP contribution is -2.44. The zero-order valence-electron chi connectivity index (χ0n) is 12.5. The van der Waals surface area contributed by atoms with E-state index in [1.54, 1.807) is 18.4 Å². The number of carbonyl (C=O) groups is 1. The van der Waals surface area contributed by atoms with Gasteiger partial charge >= 0.3 is 0 Å². The maximum Gasteiger partial charge on any atom is 0.257 e. The molecule has 0 saturated heterocycles. The van der Waals surface area contributed by atoms with Crippen LogP contribution in [0.3, 0.4) is 0 Å². The van der Waals surface area contributed by atoms with Crippen molar-refractivity contribution < 1.29 is 9.21 Å². The average Bonchev–Trinajstić information content (AvgIpc) is 3.15. The molecule has 0 fully saturated rings. The first-order valence-corrected chi connectivity index (χ1v) is 7.85. The molecule has 21 heavy (non-hydrogen) atoms. The van der Waals surface area contributed by atoms with Crippen molar-refractivity contribution in [1.82, 2.24) is 20.4 Å². The molecule has 0 bridgehead atoms. The highest BCUT2D eigenvalue weighted by Gasteiger charge is 2.22. The van der Waals surface area contributed by atoms with Gasteiger partial charge in [0.2, 0.25) is 11.8 Å². The highest BCUT2D eigenvalue weighted by Crippen LogP contribution is 2.23. The molecule has 0 unspecified atom stereocenters. The Labute approximate surface area is 128 Å². The molecule has 0 aromatic carbocycles. The molecule has 0 saturated carbocycles. The SMILES string of the molecule is CCCN(Cc1nnc(-c2cccs2)o1)[C@H](C)C(=O)NC. The summed E-state index contributed by atoms with van der Waals surface area (Å²) in [7, 11) is 1.64. The van der Waals surface area contributed by atoms with Crippen LogP contribution in [0.15, 0.2) is 21.9 Å². The summed E-state index contributed by atoms with van der Waals surface area (Å²) in [6.07, 6.45) is 0.952. The normalized spacial score (nSPS) is 12.6. The summed E-state index contributed by atoms with van der Waals surface area (Å²) in [5, 5.41) is 12.8. The second-order valence-corrected chi connectivity index (χ2v) is 5.69. The maximum absolute atomic E-state index is 11.8. The quantitative estimate of drug-likeness (QED) is 0.848. The highest BCUT2D eigenvalue weighted by molar-refractivity contribution is 7.13. The number of hydrogen-bond donors (Lipinski definition) is 1. The minimum absolute atomic E-state index is 0.0126. The van der Waals surface area contributed by atoms with Crippen molar-refractivity contribution in [2.45, 2.75) is 32.9 Å². The van der Waals surface area contributed by atoms with Crippen LogP contribution >= 0.6 is 11.3 Å². The van der Waals surface area contributed by atoms with Gasteiger partial charge < -0.3 is 9.73 Å². The number of nitrogens with one attached hydrogen (secondary N) is 1. The van der Waals surface area contributed by atoms with E-state index in [2.05, 4.69) is 22.4 Å². The van der Waals surface area contributed by atoms with Gasteiger partial charge in [0.05, 0.1) is 17.5 Å². The Morgan fingerprint density at radius 1 is 1.52 bits per heavy atom. The molecule has 2 heterocycles. The van der Waals surface area contributed by atoms with E-state index in [0.717, 1.165) is 17.8 Å². The molecule has 2 aromatic rings. The molecule has 1 N–H and O–H groups in total. The number of likely N-dealkylation sites (N-methyl/N-ethyl adjacent to an activating group) is 1. The summed E-state index contributed by atoms with van der Waals surface area (Å²) in [4.78, 5) is 14.8. The van der Waals surface area contributed by atoms with Gasteiger partial charge in [-0.1, -0.05) is 13.0 Å². The van der Waals surface area contributed by atoms with Crippen molar-refractivity contribution >= 4 is 17.2 Å². The van der Waals surface area contributed by atoms with Crippen LogP contribution in [-0.2, 0) is 11.3 Å². The minimum atomic E-state index is -0.230. The Hall–Kier alpha value is -1.73. The van der Waals surface area contributed by atoms with Crippen LogP contribution in [0.2, 0.25) is 0 Å². The Morgan fingerprint density at radius 2 is 2.33 bits per heavy atom. The predicted octanol–water partition coefficient (Wildman–Crippen LogP) is 2.14. The molecule has 0 spiro atoms. The summed E-state index contributed by atoms with van der Waals surface area (Å²) in [5.74, 6) is 1.05. The fraction of sp³-hybridized carbons (Fsp3) is 0.500. The number of nitrogens with zero attached hydrogens (tertiary/aromatic N) is 3. The van der Waals surface area contributed by atoms with E-state index in [9.17, 15) is 4.79 Å². The van der Waals surface area contributed by atoms with Crippen LogP contribution in [0.1, 0.15) is 26.2 Å². The smallest absolute Gasteiger partial charge is 0.257 e. The second-order valence-electron chi connectivity index (χ2n) is 4.74. The Morgan fingerprint density at radius 3 is 2.95 bits per heavy atom. The number of hydrogen-bond acceptors (Lipinski definition) is 6. The van der Waals surface area contributed by atoms with Crippen LogP contribution in [0, 0.1) is 0 Å². The van der Waals surface area contributed by atoms with Crippen molar-refractivity contribution in [3.8, 4) is 10.8 Å². The molecular weight excluding hydrogens is 288 g/mol. The van der Waals surface area contributed by atoms with Gasteiger partial charge in [0.1, 0.15) is 0 Å². The third kappa shape index (κ3) is 3.89. The first-order valence-electron chi connectivity index (χ1n) is 6.97. The standard InChI is InChI=1S/C14H20N4O2S/c1-4-7-18(10(2)13(19)15-3)9-12-16-17-14(20-12)11-6-5-8-21-11/h5-6,8,10H,4,7,9H2,1-3H3,(H,15,19)/t10-/m1/s1. The van der Waals surface area contributed by atoms with Gasteiger partial charge in [0, 0.05) is 7.05 Å². The van der Waals surface area contributed by atoms with Crippen molar-refractivity contribution in [2.24, 2.45) is 0 Å². The third-order valence-corrected chi connectivity index (χ3v) is 4.08. The van der Waals surface area contributed by atoms with E-state index >= 15 is 0 Å². The van der Waals surface area contributed by atoms with Crippen molar-refractivity contribution in [3.63, 3.8) is 0 Å². The summed E-state index contributed by atoms with van der Waals surface area (Å²) in [6, 6.07) is 3.66. The van der Waals surface area contributed by atoms with Crippen molar-refractivity contribution in [3.05, 3.63) is 23.4 Å². The van der Waals surface area contributed by atoms with Gasteiger partial charge in [-0.05, 0) is 31.3 Å². The lowest BCUT2D eigenvalue weighted by atomic mass is 10.2. The van der Waals surface area contributed by atoms with Gasteiger partial charge in [0.15, 0.2) is 0 Å². The zero-order valence-corrected chi connectivity index (χ0v) is 13.3. The molecule has 1 amide bonds. The lowest BCUT2D eigenvalue weighted by Gasteiger charge is -2.25. The Bertz CT molecular complexity index is 567. The largest absolute Gasteiger partial charge is 0.419 e. The Kier molecular flexibility index (Phi) is 5.46. The van der Waals surface area contributed by atoms with Crippen LogP contribution in [0.25, 0.3) is 10.8 Å². The molecule has 114 valence electrons. The van der Waals surface area contributed by atoms with E-state index in [1.165, 1.54) is 0 Å². The zero-order chi connectivity index (χ0) is 15.2. The number of thiophene rings is 1. The summed E-state index contributed by atoms with van der Waals surface area (Å²) >= 11 is 1.56. The molecule has 7 heteroatoms. The van der Waals surface area contributed by atoms with Crippen molar-refractivity contribution in [1.29, 1.82) is 0 Å². The van der Waals surface area contributed by atoms with E-state index < -0.39 is 0 Å². The maximum atomic E-state index is 11.8. The summed E-state index contributed by atoms with van der Waals surface area (Å²) in [6.45, 7) is 5.23. The topological polar surface area (TPSA) is 71.3 Å². The van der Waals surface area contributed by atoms with Gasteiger partial charge in [-0.2, -0.15) is 0 Å². The third-order valence-electron chi connectivity index (χ3n) is 3.22. The van der Waals surface area contributed by atoms with Crippen LogP contribution in [0.5, 0.6) is 0 Å². The van der Waals surface area contributed by atoms with Gasteiger partial charge in [0.25, 0.3) is 5.89 Å². The molecule has 2 aromatic heterocycles. The molecule has 0 aliphatic rings. The summed E-state index contributed by atoms with van der Waals surface area (Å²) in [5.41, 5.74) is 0. The highest BCUT2D eigenvalue weighted by atomic mass is 32.1. The Balaban J connectivity index is 2.08. The average molecular weight is 308 g/mol. The van der Waals surface area contributed by atoms with E-state index in [1.807, 2.05) is 29.3 Å². The van der Waals surface area contributed by atoms with Gasteiger partial charge in [-0.25, -0.2) is 0 Å². The fourth-order valence-electron chi connectivity index (χ4n) is 2.06. The lowest BCUT2D eigenvalue weighted by molar-refractivity contribution is -0.125.